The minimum absolute atomic E-state index is 0.168. The fourth-order valence-electron chi connectivity index (χ4n) is 1.77. The van der Waals surface area contributed by atoms with E-state index in [9.17, 15) is 12.8 Å². The topological polar surface area (TPSA) is 59.1 Å². The lowest BCUT2D eigenvalue weighted by Crippen LogP contribution is -2.13. The Morgan fingerprint density at radius 1 is 1.15 bits per heavy atom. The third-order valence-electron chi connectivity index (χ3n) is 2.75. The zero-order valence-corrected chi connectivity index (χ0v) is 11.8. The van der Waals surface area contributed by atoms with Crippen molar-refractivity contribution in [2.45, 2.75) is 24.7 Å². The second kappa shape index (κ2) is 6.00. The summed E-state index contributed by atoms with van der Waals surface area (Å²) in [4.78, 5) is 3.57. The zero-order valence-electron chi connectivity index (χ0n) is 11.0. The van der Waals surface area contributed by atoms with E-state index in [1.54, 1.807) is 24.3 Å². The molecule has 2 aromatic rings. The maximum atomic E-state index is 12.7. The molecule has 0 aliphatic heterocycles. The molecule has 2 rings (SSSR count). The van der Waals surface area contributed by atoms with E-state index in [4.69, 9.17) is 0 Å². The van der Waals surface area contributed by atoms with Crippen LogP contribution < -0.4 is 4.72 Å². The molecule has 0 aliphatic rings. The number of rotatable bonds is 5. The Balaban J connectivity index is 2.19. The smallest absolute Gasteiger partial charge is 0.261 e. The maximum Gasteiger partial charge on any atom is 0.261 e. The van der Waals surface area contributed by atoms with Crippen LogP contribution in [0, 0.1) is 5.95 Å². The third-order valence-corrected chi connectivity index (χ3v) is 4.15. The summed E-state index contributed by atoms with van der Waals surface area (Å²) in [7, 11) is -3.67. The maximum absolute atomic E-state index is 12.7. The van der Waals surface area contributed by atoms with Crippen LogP contribution in [0.15, 0.2) is 47.5 Å². The molecule has 1 aromatic heterocycles. The number of hydrogen-bond donors (Lipinski definition) is 1. The molecule has 106 valence electrons. The standard InChI is InChI=1S/C14H15FN2O2S/c1-2-3-11-4-7-13(8-5-11)20(18,19)17-12-6-9-14(15)16-10-12/h4-10,17H,2-3H2,1H3. The highest BCUT2D eigenvalue weighted by molar-refractivity contribution is 7.92. The summed E-state index contributed by atoms with van der Waals surface area (Å²) in [6.45, 7) is 2.06. The van der Waals surface area contributed by atoms with Gasteiger partial charge in [0.15, 0.2) is 0 Å². The van der Waals surface area contributed by atoms with Gasteiger partial charge in [0, 0.05) is 0 Å². The largest absolute Gasteiger partial charge is 0.278 e. The van der Waals surface area contributed by atoms with Gasteiger partial charge in [-0.15, -0.1) is 0 Å². The molecule has 0 spiro atoms. The van der Waals surface area contributed by atoms with Gasteiger partial charge in [-0.25, -0.2) is 13.4 Å². The van der Waals surface area contributed by atoms with E-state index in [1.165, 1.54) is 6.07 Å². The predicted molar refractivity (Wildman–Crippen MR) is 75.4 cm³/mol. The molecule has 1 aromatic carbocycles. The molecule has 4 nitrogen and oxygen atoms in total. The summed E-state index contributed by atoms with van der Waals surface area (Å²) in [6, 6.07) is 9.13. The number of sulfonamides is 1. The van der Waals surface area contributed by atoms with Crippen LogP contribution in [-0.4, -0.2) is 13.4 Å². The number of aryl methyl sites for hydroxylation is 1. The second-order valence-corrected chi connectivity index (χ2v) is 6.05. The van der Waals surface area contributed by atoms with Crippen molar-refractivity contribution in [1.29, 1.82) is 0 Å². The van der Waals surface area contributed by atoms with Crippen LogP contribution >= 0.6 is 0 Å². The molecule has 20 heavy (non-hydrogen) atoms. The quantitative estimate of drug-likeness (QED) is 0.862. The van der Waals surface area contributed by atoms with Gasteiger partial charge in [-0.3, -0.25) is 4.72 Å². The Kier molecular flexibility index (Phi) is 4.34. The minimum Gasteiger partial charge on any atom is -0.278 e. The summed E-state index contributed by atoms with van der Waals surface area (Å²) in [5.41, 5.74) is 1.32. The first-order valence-corrected chi connectivity index (χ1v) is 7.73. The average Bonchev–Trinajstić information content (AvgIpc) is 2.42. The van der Waals surface area contributed by atoms with E-state index in [0.717, 1.165) is 30.7 Å². The Hall–Kier alpha value is -1.95. The first kappa shape index (κ1) is 14.5. The van der Waals surface area contributed by atoms with E-state index in [2.05, 4.69) is 16.6 Å². The summed E-state index contributed by atoms with van der Waals surface area (Å²) in [6.07, 6.45) is 3.06. The monoisotopic (exact) mass is 294 g/mol. The van der Waals surface area contributed by atoms with Crippen molar-refractivity contribution in [3.05, 3.63) is 54.1 Å². The van der Waals surface area contributed by atoms with Crippen LogP contribution in [0.5, 0.6) is 0 Å². The molecule has 0 radical (unpaired) electrons. The Morgan fingerprint density at radius 2 is 1.85 bits per heavy atom. The Labute approximate surface area is 117 Å². The van der Waals surface area contributed by atoms with Crippen molar-refractivity contribution >= 4 is 15.7 Å². The average molecular weight is 294 g/mol. The van der Waals surface area contributed by atoms with Gasteiger partial charge in [-0.2, -0.15) is 4.39 Å². The van der Waals surface area contributed by atoms with Gasteiger partial charge in [-0.05, 0) is 36.2 Å². The minimum atomic E-state index is -3.67. The summed E-state index contributed by atoms with van der Waals surface area (Å²) >= 11 is 0. The van der Waals surface area contributed by atoms with Crippen molar-refractivity contribution in [1.82, 2.24) is 4.98 Å². The molecule has 0 fully saturated rings. The zero-order chi connectivity index (χ0) is 14.6. The molecule has 0 unspecified atom stereocenters. The summed E-state index contributed by atoms with van der Waals surface area (Å²) in [5, 5.41) is 0. The first-order chi connectivity index (χ1) is 9.51. The number of nitrogens with zero attached hydrogens (tertiary/aromatic N) is 1. The second-order valence-electron chi connectivity index (χ2n) is 4.37. The number of aromatic nitrogens is 1. The highest BCUT2D eigenvalue weighted by Crippen LogP contribution is 2.16. The van der Waals surface area contributed by atoms with Gasteiger partial charge >= 0.3 is 0 Å². The number of pyridine rings is 1. The van der Waals surface area contributed by atoms with Crippen molar-refractivity contribution < 1.29 is 12.8 Å². The van der Waals surface area contributed by atoms with Crippen LogP contribution in [0.1, 0.15) is 18.9 Å². The van der Waals surface area contributed by atoms with Gasteiger partial charge in [0.05, 0.1) is 16.8 Å². The lowest BCUT2D eigenvalue weighted by Gasteiger charge is -2.08. The molecule has 0 bridgehead atoms. The van der Waals surface area contributed by atoms with Crippen LogP contribution in [0.2, 0.25) is 0 Å². The Morgan fingerprint density at radius 3 is 2.40 bits per heavy atom. The molecule has 0 amide bonds. The molecule has 1 heterocycles. The van der Waals surface area contributed by atoms with Crippen molar-refractivity contribution in [3.63, 3.8) is 0 Å². The molecule has 0 aliphatic carbocycles. The van der Waals surface area contributed by atoms with Gasteiger partial charge in [-0.1, -0.05) is 25.5 Å². The highest BCUT2D eigenvalue weighted by atomic mass is 32.2. The summed E-state index contributed by atoms with van der Waals surface area (Å²) in [5.74, 6) is -0.656. The normalized spacial score (nSPS) is 11.3. The fraction of sp³-hybridized carbons (Fsp3) is 0.214. The lowest BCUT2D eigenvalue weighted by molar-refractivity contribution is 0.583. The molecular formula is C14H15FN2O2S. The van der Waals surface area contributed by atoms with Gasteiger partial charge < -0.3 is 0 Å². The number of benzene rings is 1. The van der Waals surface area contributed by atoms with Gasteiger partial charge in [0.1, 0.15) is 0 Å². The fourth-order valence-corrected chi connectivity index (χ4v) is 2.82. The van der Waals surface area contributed by atoms with Gasteiger partial charge in [0.25, 0.3) is 10.0 Å². The van der Waals surface area contributed by atoms with Crippen LogP contribution in [-0.2, 0) is 16.4 Å². The van der Waals surface area contributed by atoms with E-state index < -0.39 is 16.0 Å². The number of anilines is 1. The number of nitrogens with one attached hydrogen (secondary N) is 1. The third kappa shape index (κ3) is 3.54. The lowest BCUT2D eigenvalue weighted by atomic mass is 10.1. The summed E-state index contributed by atoms with van der Waals surface area (Å²) < 4.78 is 39.3. The van der Waals surface area contributed by atoms with Crippen LogP contribution in [0.25, 0.3) is 0 Å². The van der Waals surface area contributed by atoms with Crippen molar-refractivity contribution in [2.75, 3.05) is 4.72 Å². The molecule has 0 saturated carbocycles. The molecule has 6 heteroatoms. The van der Waals surface area contributed by atoms with Crippen LogP contribution in [0.4, 0.5) is 10.1 Å². The van der Waals surface area contributed by atoms with E-state index >= 15 is 0 Å². The molecule has 0 atom stereocenters. The van der Waals surface area contributed by atoms with Crippen molar-refractivity contribution in [3.8, 4) is 0 Å². The molecule has 0 saturated heterocycles. The Bertz CT molecular complexity index is 667. The van der Waals surface area contributed by atoms with E-state index in [1.807, 2.05) is 0 Å². The van der Waals surface area contributed by atoms with E-state index in [-0.39, 0.29) is 10.6 Å². The highest BCUT2D eigenvalue weighted by Gasteiger charge is 2.14. The van der Waals surface area contributed by atoms with Crippen molar-refractivity contribution in [2.24, 2.45) is 0 Å². The predicted octanol–water partition coefficient (Wildman–Crippen LogP) is 2.97. The van der Waals surface area contributed by atoms with Crippen LogP contribution in [0.3, 0.4) is 0 Å². The molecular weight excluding hydrogens is 279 g/mol. The SMILES string of the molecule is CCCc1ccc(S(=O)(=O)Nc2ccc(F)nc2)cc1. The van der Waals surface area contributed by atoms with E-state index in [0.29, 0.717) is 0 Å². The van der Waals surface area contributed by atoms with Gasteiger partial charge in [0.2, 0.25) is 5.95 Å². The first-order valence-electron chi connectivity index (χ1n) is 6.24. The molecule has 1 N–H and O–H groups in total. The number of hydrogen-bond acceptors (Lipinski definition) is 3. The number of halogens is 1.